The van der Waals surface area contributed by atoms with Gasteiger partial charge in [-0.15, -0.1) is 0 Å². The van der Waals surface area contributed by atoms with Crippen LogP contribution in [0.4, 0.5) is 0 Å². The summed E-state index contributed by atoms with van der Waals surface area (Å²) in [7, 11) is 0. The van der Waals surface area contributed by atoms with E-state index in [1.165, 1.54) is 0 Å². The molecule has 1 N–H and O–H groups in total. The largest absolute Gasteiger partial charge is 0.493 e. The third-order valence-electron chi connectivity index (χ3n) is 3.16. The first-order valence-electron chi connectivity index (χ1n) is 7.40. The summed E-state index contributed by atoms with van der Waals surface area (Å²) in [5.41, 5.74) is 0. The van der Waals surface area contributed by atoms with Crippen LogP contribution in [0.1, 0.15) is 6.92 Å². The standard InChI is InChI=1S/C18H20O5/c1-3-18(20)23-12-13(19)11-22-17-10-9-16(21-4-2)14-7-5-6-8-15(14)17/h3,5-10,13,19H,1,4,11-12H2,2H3. The molecular formula is C18H20O5. The van der Waals surface area contributed by atoms with Crippen molar-refractivity contribution in [2.45, 2.75) is 13.0 Å². The lowest BCUT2D eigenvalue weighted by Gasteiger charge is -2.15. The van der Waals surface area contributed by atoms with Gasteiger partial charge in [0.15, 0.2) is 0 Å². The molecule has 23 heavy (non-hydrogen) atoms. The Morgan fingerprint density at radius 3 is 2.30 bits per heavy atom. The molecule has 0 aliphatic heterocycles. The molecule has 0 bridgehead atoms. The van der Waals surface area contributed by atoms with E-state index in [0.29, 0.717) is 12.4 Å². The van der Waals surface area contributed by atoms with Crippen LogP contribution in [0.25, 0.3) is 10.8 Å². The fourth-order valence-electron chi connectivity index (χ4n) is 2.12. The predicted molar refractivity (Wildman–Crippen MR) is 87.8 cm³/mol. The zero-order valence-electron chi connectivity index (χ0n) is 13.0. The van der Waals surface area contributed by atoms with Gasteiger partial charge in [0.1, 0.15) is 30.8 Å². The molecule has 5 nitrogen and oxygen atoms in total. The fraction of sp³-hybridized carbons (Fsp3) is 0.278. The number of hydrogen-bond donors (Lipinski definition) is 1. The van der Waals surface area contributed by atoms with Gasteiger partial charge in [0.2, 0.25) is 0 Å². The smallest absolute Gasteiger partial charge is 0.330 e. The highest BCUT2D eigenvalue weighted by molar-refractivity contribution is 5.93. The molecule has 0 aliphatic rings. The van der Waals surface area contributed by atoms with E-state index in [1.807, 2.05) is 37.3 Å². The van der Waals surface area contributed by atoms with Crippen molar-refractivity contribution in [3.05, 3.63) is 49.1 Å². The number of fused-ring (bicyclic) bond motifs is 1. The van der Waals surface area contributed by atoms with Crippen LogP contribution in [-0.2, 0) is 9.53 Å². The Morgan fingerprint density at radius 2 is 1.74 bits per heavy atom. The molecule has 122 valence electrons. The summed E-state index contributed by atoms with van der Waals surface area (Å²) in [4.78, 5) is 11.0. The van der Waals surface area contributed by atoms with E-state index in [4.69, 9.17) is 14.2 Å². The molecule has 0 heterocycles. The second-order valence-electron chi connectivity index (χ2n) is 4.84. The topological polar surface area (TPSA) is 65.0 Å². The Balaban J connectivity index is 2.07. The summed E-state index contributed by atoms with van der Waals surface area (Å²) in [5.74, 6) is 0.852. The maximum absolute atomic E-state index is 11.0. The molecule has 2 aromatic rings. The maximum atomic E-state index is 11.0. The van der Waals surface area contributed by atoms with Gasteiger partial charge in [-0.3, -0.25) is 0 Å². The number of hydrogen-bond acceptors (Lipinski definition) is 5. The second kappa shape index (κ2) is 8.19. The Labute approximate surface area is 135 Å². The lowest BCUT2D eigenvalue weighted by molar-refractivity contribution is -0.141. The molecule has 0 fully saturated rings. The van der Waals surface area contributed by atoms with E-state index < -0.39 is 12.1 Å². The van der Waals surface area contributed by atoms with Crippen molar-refractivity contribution in [2.24, 2.45) is 0 Å². The highest BCUT2D eigenvalue weighted by Crippen LogP contribution is 2.33. The van der Waals surface area contributed by atoms with E-state index in [0.717, 1.165) is 22.6 Å². The molecule has 0 saturated heterocycles. The monoisotopic (exact) mass is 316 g/mol. The summed E-state index contributed by atoms with van der Waals surface area (Å²) in [6.45, 7) is 5.68. The van der Waals surface area contributed by atoms with E-state index in [-0.39, 0.29) is 13.2 Å². The summed E-state index contributed by atoms with van der Waals surface area (Å²) in [6, 6.07) is 11.4. The fourth-order valence-corrected chi connectivity index (χ4v) is 2.12. The van der Waals surface area contributed by atoms with Crippen molar-refractivity contribution in [2.75, 3.05) is 19.8 Å². The minimum absolute atomic E-state index is 0.0163. The number of aliphatic hydroxyl groups is 1. The number of aliphatic hydroxyl groups excluding tert-OH is 1. The summed E-state index contributed by atoms with van der Waals surface area (Å²) >= 11 is 0. The lowest BCUT2D eigenvalue weighted by Crippen LogP contribution is -2.24. The number of ether oxygens (including phenoxy) is 3. The second-order valence-corrected chi connectivity index (χ2v) is 4.84. The molecule has 0 saturated carbocycles. The zero-order valence-corrected chi connectivity index (χ0v) is 13.0. The zero-order chi connectivity index (χ0) is 16.7. The van der Waals surface area contributed by atoms with Crippen molar-refractivity contribution in [3.8, 4) is 11.5 Å². The highest BCUT2D eigenvalue weighted by Gasteiger charge is 2.11. The van der Waals surface area contributed by atoms with Gasteiger partial charge in [-0.2, -0.15) is 0 Å². The Hall–Kier alpha value is -2.53. The molecule has 0 radical (unpaired) electrons. The van der Waals surface area contributed by atoms with E-state index in [2.05, 4.69) is 6.58 Å². The molecule has 1 atom stereocenters. The van der Waals surface area contributed by atoms with Crippen LogP contribution < -0.4 is 9.47 Å². The minimum atomic E-state index is -0.913. The highest BCUT2D eigenvalue weighted by atomic mass is 16.5. The Morgan fingerprint density at radius 1 is 1.13 bits per heavy atom. The first-order valence-corrected chi connectivity index (χ1v) is 7.40. The summed E-state index contributed by atoms with van der Waals surface area (Å²) in [5, 5.41) is 11.6. The van der Waals surface area contributed by atoms with Crippen LogP contribution in [0.3, 0.4) is 0 Å². The molecular weight excluding hydrogens is 296 g/mol. The van der Waals surface area contributed by atoms with Gasteiger partial charge in [0.05, 0.1) is 6.61 Å². The number of carbonyl (C=O) groups is 1. The average molecular weight is 316 g/mol. The molecule has 2 aromatic carbocycles. The number of carbonyl (C=O) groups excluding carboxylic acids is 1. The SMILES string of the molecule is C=CC(=O)OCC(O)COc1ccc(OCC)c2ccccc12. The van der Waals surface area contributed by atoms with E-state index >= 15 is 0 Å². The molecule has 0 aromatic heterocycles. The summed E-state index contributed by atoms with van der Waals surface area (Å²) in [6.07, 6.45) is 0.136. The quantitative estimate of drug-likeness (QED) is 0.599. The van der Waals surface area contributed by atoms with E-state index in [9.17, 15) is 9.90 Å². The van der Waals surface area contributed by atoms with Crippen molar-refractivity contribution in [3.63, 3.8) is 0 Å². The molecule has 2 rings (SSSR count). The van der Waals surface area contributed by atoms with Crippen molar-refractivity contribution in [1.29, 1.82) is 0 Å². The number of benzene rings is 2. The van der Waals surface area contributed by atoms with Crippen molar-refractivity contribution in [1.82, 2.24) is 0 Å². The van der Waals surface area contributed by atoms with Crippen LogP contribution in [0.15, 0.2) is 49.1 Å². The normalized spacial score (nSPS) is 11.7. The van der Waals surface area contributed by atoms with Gasteiger partial charge in [0, 0.05) is 16.8 Å². The number of rotatable bonds is 8. The lowest BCUT2D eigenvalue weighted by atomic mass is 10.1. The average Bonchev–Trinajstić information content (AvgIpc) is 2.59. The van der Waals surface area contributed by atoms with E-state index in [1.54, 1.807) is 6.07 Å². The molecule has 0 aliphatic carbocycles. The molecule has 0 spiro atoms. The van der Waals surface area contributed by atoms with Gasteiger partial charge in [-0.1, -0.05) is 30.8 Å². The van der Waals surface area contributed by atoms with Gasteiger partial charge < -0.3 is 19.3 Å². The summed E-state index contributed by atoms with van der Waals surface area (Å²) < 4.78 is 16.0. The minimum Gasteiger partial charge on any atom is -0.493 e. The van der Waals surface area contributed by atoms with Crippen LogP contribution in [0.5, 0.6) is 11.5 Å². The van der Waals surface area contributed by atoms with Crippen LogP contribution in [0.2, 0.25) is 0 Å². The Kier molecular flexibility index (Phi) is 6.00. The van der Waals surface area contributed by atoms with Crippen LogP contribution in [0, 0.1) is 0 Å². The molecule has 1 unspecified atom stereocenters. The van der Waals surface area contributed by atoms with Crippen molar-refractivity contribution >= 4 is 16.7 Å². The predicted octanol–water partition coefficient (Wildman–Crippen LogP) is 2.71. The van der Waals surface area contributed by atoms with Crippen LogP contribution in [-0.4, -0.2) is 37.0 Å². The first-order chi connectivity index (χ1) is 11.2. The van der Waals surface area contributed by atoms with Gasteiger partial charge in [-0.05, 0) is 19.1 Å². The van der Waals surface area contributed by atoms with Crippen molar-refractivity contribution < 1.29 is 24.1 Å². The number of esters is 1. The third-order valence-corrected chi connectivity index (χ3v) is 3.16. The molecule has 5 heteroatoms. The van der Waals surface area contributed by atoms with Crippen LogP contribution >= 0.6 is 0 Å². The van der Waals surface area contributed by atoms with Gasteiger partial charge >= 0.3 is 5.97 Å². The Bertz CT molecular complexity index is 680. The first kappa shape index (κ1) is 16.8. The van der Waals surface area contributed by atoms with Gasteiger partial charge in [0.25, 0.3) is 0 Å². The maximum Gasteiger partial charge on any atom is 0.330 e. The third kappa shape index (κ3) is 4.47. The van der Waals surface area contributed by atoms with Gasteiger partial charge in [-0.25, -0.2) is 4.79 Å². The molecule has 0 amide bonds.